The lowest BCUT2D eigenvalue weighted by molar-refractivity contribution is -0.130. The van der Waals surface area contributed by atoms with E-state index in [9.17, 15) is 13.2 Å². The van der Waals surface area contributed by atoms with Gasteiger partial charge >= 0.3 is 5.91 Å². The van der Waals surface area contributed by atoms with E-state index in [0.29, 0.717) is 29.8 Å². The topological polar surface area (TPSA) is 96.4 Å². The number of thiazole rings is 1. The molecule has 33 heavy (non-hydrogen) atoms. The van der Waals surface area contributed by atoms with Gasteiger partial charge in [0.1, 0.15) is 6.20 Å². The first kappa shape index (κ1) is 24.1. The van der Waals surface area contributed by atoms with Gasteiger partial charge in [0.15, 0.2) is 15.0 Å². The minimum Gasteiger partial charge on any atom is -0.395 e. The molecule has 1 aliphatic heterocycles. The van der Waals surface area contributed by atoms with Crippen molar-refractivity contribution in [3.05, 3.63) is 47.6 Å². The second-order valence-corrected chi connectivity index (χ2v) is 11.8. The van der Waals surface area contributed by atoms with Gasteiger partial charge in [-0.25, -0.2) is 22.7 Å². The van der Waals surface area contributed by atoms with Gasteiger partial charge in [-0.1, -0.05) is 23.7 Å². The predicted molar refractivity (Wildman–Crippen MR) is 134 cm³/mol. The average Bonchev–Trinajstić information content (AvgIpc) is 3.31. The molecule has 1 aromatic heterocycles. The molecule has 2 N–H and O–H groups in total. The van der Waals surface area contributed by atoms with Crippen LogP contribution in [0.15, 0.2) is 47.5 Å². The van der Waals surface area contributed by atoms with Gasteiger partial charge in [0.25, 0.3) is 0 Å². The summed E-state index contributed by atoms with van der Waals surface area (Å²) in [5.41, 5.74) is 0. The third kappa shape index (κ3) is 5.22. The van der Waals surface area contributed by atoms with E-state index < -0.39 is 9.84 Å². The van der Waals surface area contributed by atoms with Crippen molar-refractivity contribution in [3.63, 3.8) is 0 Å². The Labute approximate surface area is 202 Å². The summed E-state index contributed by atoms with van der Waals surface area (Å²) in [5, 5.41) is 15.8. The van der Waals surface area contributed by atoms with E-state index >= 15 is 0 Å². The third-order valence-electron chi connectivity index (χ3n) is 6.08. The van der Waals surface area contributed by atoms with Gasteiger partial charge in [0.05, 0.1) is 36.8 Å². The number of aliphatic hydroxyl groups is 1. The number of hydrogen-bond acceptors (Lipinski definition) is 7. The number of quaternary nitrogens is 1. The number of carbonyl (C=O) groups excluding carboxylic acids is 1. The molecule has 0 atom stereocenters. The molecule has 1 amide bonds. The summed E-state index contributed by atoms with van der Waals surface area (Å²) in [5.74, 6) is -0.331. The van der Waals surface area contributed by atoms with E-state index in [0.717, 1.165) is 35.0 Å². The number of aliphatic hydroxyl groups excluding tert-OH is 1. The highest BCUT2D eigenvalue weighted by atomic mass is 35.5. The fraction of sp³-hybridized carbons (Fsp3) is 0.391. The number of amides is 1. The van der Waals surface area contributed by atoms with Crippen LogP contribution in [-0.2, 0) is 14.6 Å². The van der Waals surface area contributed by atoms with Crippen molar-refractivity contribution in [1.82, 2.24) is 9.47 Å². The summed E-state index contributed by atoms with van der Waals surface area (Å²) in [6.07, 6.45) is 4.52. The van der Waals surface area contributed by atoms with Gasteiger partial charge < -0.3 is 10.4 Å². The van der Waals surface area contributed by atoms with Gasteiger partial charge in [-0.3, -0.25) is 0 Å². The molecule has 1 saturated heterocycles. The Kier molecular flexibility index (Phi) is 7.35. The maximum absolute atomic E-state index is 13.5. The van der Waals surface area contributed by atoms with Crippen LogP contribution in [0.2, 0.25) is 5.02 Å². The van der Waals surface area contributed by atoms with Gasteiger partial charge in [-0.15, -0.1) is 0 Å². The summed E-state index contributed by atoms with van der Waals surface area (Å²) >= 11 is 7.42. The minimum absolute atomic E-state index is 0.00643. The van der Waals surface area contributed by atoms with Crippen LogP contribution in [0.25, 0.3) is 10.8 Å². The first-order valence-corrected chi connectivity index (χ1v) is 13.8. The summed E-state index contributed by atoms with van der Waals surface area (Å²) in [7, 11) is -3.63. The van der Waals surface area contributed by atoms with E-state index in [-0.39, 0.29) is 34.1 Å². The summed E-state index contributed by atoms with van der Waals surface area (Å²) < 4.78 is 26.3. The highest BCUT2D eigenvalue weighted by Gasteiger charge is 2.42. The summed E-state index contributed by atoms with van der Waals surface area (Å²) in [4.78, 5) is 18.0. The molecule has 2 heterocycles. The Hall–Kier alpha value is -2.04. The van der Waals surface area contributed by atoms with Gasteiger partial charge in [-0.2, -0.15) is 0 Å². The molecular formula is C23H27ClN3O4S2+. The number of rotatable bonds is 8. The number of hydrogen-bond donors (Lipinski definition) is 2. The van der Waals surface area contributed by atoms with Crippen LogP contribution < -0.4 is 9.80 Å². The Morgan fingerprint density at radius 1 is 1.12 bits per heavy atom. The molecule has 0 unspecified atom stereocenters. The molecule has 176 valence electrons. The standard InChI is InChI=1S/C23H27ClN3O4S2/c24-19-6-4-18-15-20(7-5-17(18)14-19)33(30,31)13-8-21(29)27(10-2-1-3-11-27)22-16-26-23(32-22)25-9-12-28/h4-7,14-16,28H,1-3,8-13H2,(H,25,26)/q+1. The Balaban J connectivity index is 1.53. The molecule has 1 fully saturated rings. The van der Waals surface area contributed by atoms with E-state index in [1.807, 2.05) is 0 Å². The first-order chi connectivity index (χ1) is 15.8. The first-order valence-electron chi connectivity index (χ1n) is 11.0. The second-order valence-electron chi connectivity index (χ2n) is 8.25. The minimum atomic E-state index is -3.63. The molecule has 4 rings (SSSR count). The van der Waals surface area contributed by atoms with Crippen molar-refractivity contribution >= 4 is 59.6 Å². The van der Waals surface area contributed by atoms with E-state index in [1.165, 1.54) is 11.3 Å². The molecule has 0 aliphatic carbocycles. The smallest absolute Gasteiger partial charge is 0.320 e. The zero-order valence-electron chi connectivity index (χ0n) is 18.2. The third-order valence-corrected chi connectivity index (χ3v) is 9.13. The Morgan fingerprint density at radius 3 is 2.61 bits per heavy atom. The number of anilines is 1. The molecule has 1 aliphatic rings. The van der Waals surface area contributed by atoms with Crippen LogP contribution in [-0.4, -0.2) is 56.4 Å². The highest BCUT2D eigenvalue weighted by Crippen LogP contribution is 2.36. The molecule has 0 radical (unpaired) electrons. The van der Waals surface area contributed by atoms with Crippen LogP contribution in [0.5, 0.6) is 0 Å². The number of carbonyl (C=O) groups is 1. The summed E-state index contributed by atoms with van der Waals surface area (Å²) in [6, 6.07) is 10.3. The number of piperidine rings is 1. The van der Waals surface area contributed by atoms with Crippen molar-refractivity contribution in [2.45, 2.75) is 30.6 Å². The maximum Gasteiger partial charge on any atom is 0.320 e. The van der Waals surface area contributed by atoms with E-state index in [1.54, 1.807) is 42.6 Å². The van der Waals surface area contributed by atoms with Gasteiger partial charge in [0, 0.05) is 11.6 Å². The molecule has 10 heteroatoms. The maximum atomic E-state index is 13.5. The van der Waals surface area contributed by atoms with Crippen molar-refractivity contribution < 1.29 is 18.3 Å². The number of fused-ring (bicyclic) bond motifs is 1. The van der Waals surface area contributed by atoms with E-state index in [2.05, 4.69) is 10.3 Å². The van der Waals surface area contributed by atoms with Crippen LogP contribution in [0, 0.1) is 0 Å². The van der Waals surface area contributed by atoms with Crippen molar-refractivity contribution in [3.8, 4) is 0 Å². The number of benzene rings is 2. The number of nitrogens with one attached hydrogen (secondary N) is 1. The SMILES string of the molecule is O=C(CCS(=O)(=O)c1ccc2cc(Cl)ccc2c1)[N+]1(c2cnc(NCCO)s2)CCCCC1. The number of aromatic nitrogens is 1. The lowest BCUT2D eigenvalue weighted by Gasteiger charge is -2.36. The largest absolute Gasteiger partial charge is 0.395 e. The molecule has 0 saturated carbocycles. The molecule has 3 aromatic rings. The van der Waals surface area contributed by atoms with E-state index in [4.69, 9.17) is 16.7 Å². The predicted octanol–water partition coefficient (Wildman–Crippen LogP) is 4.24. The van der Waals surface area contributed by atoms with Crippen molar-refractivity contribution in [2.24, 2.45) is 0 Å². The highest BCUT2D eigenvalue weighted by molar-refractivity contribution is 7.91. The zero-order valence-corrected chi connectivity index (χ0v) is 20.6. The molecular weight excluding hydrogens is 482 g/mol. The lowest BCUT2D eigenvalue weighted by Crippen LogP contribution is -2.57. The molecule has 2 aromatic carbocycles. The normalized spacial score (nSPS) is 16.1. The van der Waals surface area contributed by atoms with Crippen LogP contribution in [0.4, 0.5) is 10.1 Å². The second kappa shape index (κ2) is 10.1. The Morgan fingerprint density at radius 2 is 1.85 bits per heavy atom. The number of likely N-dealkylation sites (tertiary alicyclic amines) is 1. The Bertz CT molecular complexity index is 1250. The molecule has 0 bridgehead atoms. The number of sulfone groups is 1. The fourth-order valence-electron chi connectivity index (χ4n) is 4.29. The average molecular weight is 509 g/mol. The molecule has 7 nitrogen and oxygen atoms in total. The summed E-state index contributed by atoms with van der Waals surface area (Å²) in [6.45, 7) is 1.68. The van der Waals surface area contributed by atoms with Crippen molar-refractivity contribution in [2.75, 3.05) is 37.3 Å². The monoisotopic (exact) mass is 508 g/mol. The number of nitrogens with zero attached hydrogens (tertiary/aromatic N) is 2. The number of halogens is 1. The van der Waals surface area contributed by atoms with Gasteiger partial charge in [0.2, 0.25) is 5.00 Å². The fourth-order valence-corrected chi connectivity index (χ4v) is 6.78. The van der Waals surface area contributed by atoms with Crippen molar-refractivity contribution in [1.29, 1.82) is 0 Å². The molecule has 0 spiro atoms. The zero-order chi connectivity index (χ0) is 23.5. The van der Waals surface area contributed by atoms with Crippen LogP contribution in [0.1, 0.15) is 25.7 Å². The van der Waals surface area contributed by atoms with Crippen LogP contribution >= 0.6 is 22.9 Å². The van der Waals surface area contributed by atoms with Crippen LogP contribution in [0.3, 0.4) is 0 Å². The quantitative estimate of drug-likeness (QED) is 0.442. The van der Waals surface area contributed by atoms with Gasteiger partial charge in [-0.05, 0) is 65.6 Å². The lowest BCUT2D eigenvalue weighted by atomic mass is 10.1.